The molecule has 0 aliphatic rings. The van der Waals surface area contributed by atoms with Gasteiger partial charge in [0.05, 0.1) is 5.02 Å². The molecule has 0 saturated heterocycles. The molecular weight excluding hydrogens is 296 g/mol. The molecule has 20 heavy (non-hydrogen) atoms. The van der Waals surface area contributed by atoms with Crippen molar-refractivity contribution in [1.82, 2.24) is 4.98 Å². The molecule has 0 aliphatic heterocycles. The van der Waals surface area contributed by atoms with Gasteiger partial charge in [0.15, 0.2) is 0 Å². The number of carbonyl (C=O) groups excluding carboxylic acids is 1. The first-order valence-corrected chi connectivity index (χ1v) is 6.99. The second-order valence-electron chi connectivity index (χ2n) is 3.88. The summed E-state index contributed by atoms with van der Waals surface area (Å²) in [6.45, 7) is 1.61. The number of thiophene rings is 1. The van der Waals surface area contributed by atoms with Crippen LogP contribution in [-0.2, 0) is 0 Å². The normalized spacial score (nSPS) is 9.75. The molecule has 2 aromatic heterocycles. The van der Waals surface area contributed by atoms with Gasteiger partial charge in [-0.25, -0.2) is 4.98 Å². The number of amides is 1. The van der Waals surface area contributed by atoms with Crippen LogP contribution in [0.25, 0.3) is 0 Å². The fourth-order valence-corrected chi connectivity index (χ4v) is 2.63. The molecule has 0 aromatic carbocycles. The average Bonchev–Trinajstić information content (AvgIpc) is 2.77. The number of hydrogen-bond donors (Lipinski definition) is 2. The molecular formula is C14H11ClN2O2S. The largest absolute Gasteiger partial charge is 0.384 e. The van der Waals surface area contributed by atoms with E-state index in [1.165, 1.54) is 11.3 Å². The van der Waals surface area contributed by atoms with E-state index in [9.17, 15) is 4.79 Å². The molecule has 0 radical (unpaired) electrons. The van der Waals surface area contributed by atoms with Crippen molar-refractivity contribution in [3.63, 3.8) is 0 Å². The van der Waals surface area contributed by atoms with Crippen molar-refractivity contribution in [3.05, 3.63) is 44.7 Å². The van der Waals surface area contributed by atoms with Gasteiger partial charge < -0.3 is 10.4 Å². The first kappa shape index (κ1) is 14.5. The molecule has 0 fully saturated rings. The van der Waals surface area contributed by atoms with Crippen LogP contribution in [-0.4, -0.2) is 22.6 Å². The lowest BCUT2D eigenvalue weighted by Crippen LogP contribution is -2.12. The van der Waals surface area contributed by atoms with Gasteiger partial charge in [0.1, 0.15) is 23.0 Å². The molecule has 0 unspecified atom stereocenters. The SMILES string of the molecule is Cc1csc(C(=O)Nc2cccc(C#CCO)n2)c1Cl. The van der Waals surface area contributed by atoms with Crippen molar-refractivity contribution in [1.29, 1.82) is 0 Å². The third kappa shape index (κ3) is 3.36. The third-order valence-corrected chi connectivity index (χ3v) is 4.09. The van der Waals surface area contributed by atoms with Gasteiger partial charge in [0.2, 0.25) is 0 Å². The molecule has 6 heteroatoms. The highest BCUT2D eigenvalue weighted by atomic mass is 35.5. The predicted molar refractivity (Wildman–Crippen MR) is 80.2 cm³/mol. The Labute approximate surface area is 125 Å². The van der Waals surface area contributed by atoms with E-state index >= 15 is 0 Å². The van der Waals surface area contributed by atoms with Crippen molar-refractivity contribution in [2.45, 2.75) is 6.92 Å². The molecule has 2 N–H and O–H groups in total. The van der Waals surface area contributed by atoms with Crippen molar-refractivity contribution in [2.24, 2.45) is 0 Å². The first-order valence-electron chi connectivity index (χ1n) is 5.73. The van der Waals surface area contributed by atoms with Crippen LogP contribution in [0.1, 0.15) is 20.9 Å². The van der Waals surface area contributed by atoms with E-state index in [1.807, 2.05) is 12.3 Å². The Morgan fingerprint density at radius 3 is 3.00 bits per heavy atom. The lowest BCUT2D eigenvalue weighted by molar-refractivity contribution is 0.103. The highest BCUT2D eigenvalue weighted by Crippen LogP contribution is 2.27. The number of aliphatic hydroxyl groups is 1. The van der Waals surface area contributed by atoms with Crippen LogP contribution in [0.3, 0.4) is 0 Å². The zero-order valence-corrected chi connectivity index (χ0v) is 12.2. The minimum atomic E-state index is -0.298. The summed E-state index contributed by atoms with van der Waals surface area (Å²) in [6.07, 6.45) is 0. The second kappa shape index (κ2) is 6.53. The van der Waals surface area contributed by atoms with Gasteiger partial charge in [0, 0.05) is 0 Å². The number of halogens is 1. The van der Waals surface area contributed by atoms with Crippen LogP contribution in [0.5, 0.6) is 0 Å². The standard InChI is InChI=1S/C14H11ClN2O2S/c1-9-8-20-13(12(9)15)14(19)17-11-6-2-4-10(16-11)5-3-7-18/h2,4,6,8,18H,7H2,1H3,(H,16,17,19). The van der Waals surface area contributed by atoms with E-state index in [-0.39, 0.29) is 12.5 Å². The van der Waals surface area contributed by atoms with Crippen LogP contribution in [0.15, 0.2) is 23.6 Å². The number of nitrogens with one attached hydrogen (secondary N) is 1. The Hall–Kier alpha value is -1.87. The molecule has 4 nitrogen and oxygen atoms in total. The van der Waals surface area contributed by atoms with Gasteiger partial charge in [0.25, 0.3) is 5.91 Å². The van der Waals surface area contributed by atoms with Gasteiger partial charge >= 0.3 is 0 Å². The number of aryl methyl sites for hydroxylation is 1. The van der Waals surface area contributed by atoms with Crippen LogP contribution in [0.2, 0.25) is 5.02 Å². The monoisotopic (exact) mass is 306 g/mol. The Morgan fingerprint density at radius 1 is 1.55 bits per heavy atom. The fraction of sp³-hybridized carbons (Fsp3) is 0.143. The number of aliphatic hydroxyl groups excluding tert-OH is 1. The molecule has 102 valence electrons. The predicted octanol–water partition coefficient (Wildman–Crippen LogP) is 2.70. The minimum Gasteiger partial charge on any atom is -0.384 e. The number of carbonyl (C=O) groups is 1. The minimum absolute atomic E-state index is 0.234. The fourth-order valence-electron chi connectivity index (χ4n) is 1.46. The maximum atomic E-state index is 12.1. The third-order valence-electron chi connectivity index (χ3n) is 2.39. The summed E-state index contributed by atoms with van der Waals surface area (Å²) in [7, 11) is 0. The van der Waals surface area contributed by atoms with Gasteiger partial charge in [-0.05, 0) is 35.9 Å². The summed E-state index contributed by atoms with van der Waals surface area (Å²) in [5, 5.41) is 13.6. The first-order chi connectivity index (χ1) is 9.61. The van der Waals surface area contributed by atoms with E-state index in [0.29, 0.717) is 21.4 Å². The van der Waals surface area contributed by atoms with E-state index in [4.69, 9.17) is 16.7 Å². The van der Waals surface area contributed by atoms with Gasteiger partial charge in [-0.2, -0.15) is 0 Å². The molecule has 2 rings (SSSR count). The summed E-state index contributed by atoms with van der Waals surface area (Å²) in [4.78, 5) is 16.7. The Bertz CT molecular complexity index is 701. The van der Waals surface area contributed by atoms with Gasteiger partial charge in [-0.1, -0.05) is 23.6 Å². The quantitative estimate of drug-likeness (QED) is 0.839. The van der Waals surface area contributed by atoms with Crippen molar-refractivity contribution in [3.8, 4) is 11.8 Å². The molecule has 0 saturated carbocycles. The van der Waals surface area contributed by atoms with Crippen molar-refractivity contribution >= 4 is 34.7 Å². The number of hydrogen-bond acceptors (Lipinski definition) is 4. The molecule has 2 aromatic rings. The van der Waals surface area contributed by atoms with Crippen LogP contribution in [0, 0.1) is 18.8 Å². The number of aromatic nitrogens is 1. The molecule has 0 atom stereocenters. The average molecular weight is 307 g/mol. The van der Waals surface area contributed by atoms with Crippen molar-refractivity contribution < 1.29 is 9.90 Å². The highest BCUT2D eigenvalue weighted by Gasteiger charge is 2.15. The molecule has 2 heterocycles. The van der Waals surface area contributed by atoms with E-state index in [1.54, 1.807) is 18.2 Å². The van der Waals surface area contributed by atoms with E-state index < -0.39 is 0 Å². The molecule has 1 amide bonds. The van der Waals surface area contributed by atoms with Gasteiger partial charge in [-0.15, -0.1) is 11.3 Å². The lowest BCUT2D eigenvalue weighted by atomic mass is 10.3. The summed E-state index contributed by atoms with van der Waals surface area (Å²) in [5.74, 6) is 5.27. The smallest absolute Gasteiger partial charge is 0.268 e. The number of pyridine rings is 1. The molecule has 0 bridgehead atoms. The zero-order valence-electron chi connectivity index (χ0n) is 10.6. The maximum Gasteiger partial charge on any atom is 0.268 e. The second-order valence-corrected chi connectivity index (χ2v) is 5.14. The summed E-state index contributed by atoms with van der Waals surface area (Å²) in [5.41, 5.74) is 1.35. The summed E-state index contributed by atoms with van der Waals surface area (Å²) >= 11 is 7.34. The van der Waals surface area contributed by atoms with E-state index in [0.717, 1.165) is 5.56 Å². The number of anilines is 1. The lowest BCUT2D eigenvalue weighted by Gasteiger charge is -2.03. The van der Waals surface area contributed by atoms with Gasteiger partial charge in [-0.3, -0.25) is 4.79 Å². The Morgan fingerprint density at radius 2 is 2.35 bits per heavy atom. The topological polar surface area (TPSA) is 62.2 Å². The number of rotatable bonds is 2. The summed E-state index contributed by atoms with van der Waals surface area (Å²) < 4.78 is 0. The Balaban J connectivity index is 2.18. The van der Waals surface area contributed by atoms with Crippen LogP contribution < -0.4 is 5.32 Å². The van der Waals surface area contributed by atoms with Crippen LogP contribution in [0.4, 0.5) is 5.82 Å². The van der Waals surface area contributed by atoms with Crippen molar-refractivity contribution in [2.75, 3.05) is 11.9 Å². The number of nitrogens with zero attached hydrogens (tertiary/aromatic N) is 1. The summed E-state index contributed by atoms with van der Waals surface area (Å²) in [6, 6.07) is 5.09. The van der Waals surface area contributed by atoms with E-state index in [2.05, 4.69) is 22.1 Å². The highest BCUT2D eigenvalue weighted by molar-refractivity contribution is 7.13. The Kier molecular flexibility index (Phi) is 4.74. The van der Waals surface area contributed by atoms with Crippen LogP contribution >= 0.6 is 22.9 Å². The zero-order chi connectivity index (χ0) is 14.5. The molecule has 0 aliphatic carbocycles. The molecule has 0 spiro atoms. The maximum absolute atomic E-state index is 12.1.